The lowest BCUT2D eigenvalue weighted by Crippen LogP contribution is -2.01. The zero-order valence-electron chi connectivity index (χ0n) is 11.2. The minimum absolute atomic E-state index is 0.0716. The van der Waals surface area contributed by atoms with E-state index >= 15 is 0 Å². The highest BCUT2D eigenvalue weighted by Gasteiger charge is 2.11. The Kier molecular flexibility index (Phi) is 3.59. The molecule has 3 aromatic rings. The summed E-state index contributed by atoms with van der Waals surface area (Å²) in [4.78, 5) is 12.2. The SMILES string of the molecule is COc1cc(-c2cc(=O)c3ccccc3o2)cc(I)c1N. The van der Waals surface area contributed by atoms with Crippen LogP contribution in [0.2, 0.25) is 0 Å². The summed E-state index contributed by atoms with van der Waals surface area (Å²) in [7, 11) is 1.56. The van der Waals surface area contributed by atoms with Gasteiger partial charge in [0.1, 0.15) is 17.1 Å². The lowest BCUT2D eigenvalue weighted by Gasteiger charge is -2.10. The van der Waals surface area contributed by atoms with Gasteiger partial charge in [-0.3, -0.25) is 4.79 Å². The summed E-state index contributed by atoms with van der Waals surface area (Å²) in [5, 5.41) is 0.568. The third-order valence-electron chi connectivity index (χ3n) is 3.23. The average molecular weight is 393 g/mol. The van der Waals surface area contributed by atoms with Crippen molar-refractivity contribution in [2.24, 2.45) is 0 Å². The zero-order valence-corrected chi connectivity index (χ0v) is 13.4. The highest BCUT2D eigenvalue weighted by molar-refractivity contribution is 14.1. The molecule has 0 saturated heterocycles. The molecule has 0 saturated carbocycles. The lowest BCUT2D eigenvalue weighted by molar-refractivity contribution is 0.416. The highest BCUT2D eigenvalue weighted by atomic mass is 127. The van der Waals surface area contributed by atoms with E-state index in [9.17, 15) is 4.79 Å². The molecule has 0 aliphatic rings. The predicted octanol–water partition coefficient (Wildman–Crippen LogP) is 3.66. The molecule has 2 N–H and O–H groups in total. The molecule has 0 amide bonds. The predicted molar refractivity (Wildman–Crippen MR) is 91.6 cm³/mol. The van der Waals surface area contributed by atoms with E-state index < -0.39 is 0 Å². The molecule has 4 nitrogen and oxygen atoms in total. The number of nitrogen functional groups attached to an aromatic ring is 1. The summed E-state index contributed by atoms with van der Waals surface area (Å²) in [5.74, 6) is 1.06. The number of rotatable bonds is 2. The maximum atomic E-state index is 12.2. The molecule has 0 atom stereocenters. The van der Waals surface area contributed by atoms with Gasteiger partial charge < -0.3 is 14.9 Å². The maximum Gasteiger partial charge on any atom is 0.193 e. The van der Waals surface area contributed by atoms with Gasteiger partial charge in [-0.25, -0.2) is 0 Å². The highest BCUT2D eigenvalue weighted by Crippen LogP contribution is 2.33. The van der Waals surface area contributed by atoms with E-state index in [1.807, 2.05) is 18.2 Å². The molecule has 0 unspecified atom stereocenters. The number of ether oxygens (including phenoxy) is 1. The van der Waals surface area contributed by atoms with E-state index in [2.05, 4.69) is 22.6 Å². The van der Waals surface area contributed by atoms with E-state index in [1.165, 1.54) is 6.07 Å². The minimum Gasteiger partial charge on any atom is -0.495 e. The first-order valence-corrected chi connectivity index (χ1v) is 7.34. The van der Waals surface area contributed by atoms with E-state index in [4.69, 9.17) is 14.9 Å². The van der Waals surface area contributed by atoms with Gasteiger partial charge in [0.05, 0.1) is 18.2 Å². The second kappa shape index (κ2) is 5.40. The van der Waals surface area contributed by atoms with Gasteiger partial charge in [0.2, 0.25) is 0 Å². The molecular weight excluding hydrogens is 381 g/mol. The van der Waals surface area contributed by atoms with Crippen molar-refractivity contribution in [1.29, 1.82) is 0 Å². The molecule has 1 aromatic heterocycles. The molecule has 0 aliphatic carbocycles. The molecule has 0 radical (unpaired) electrons. The molecule has 0 fully saturated rings. The van der Waals surface area contributed by atoms with Gasteiger partial charge in [0.25, 0.3) is 0 Å². The number of hydrogen-bond acceptors (Lipinski definition) is 4. The Morgan fingerprint density at radius 1 is 1.19 bits per heavy atom. The Labute approximate surface area is 134 Å². The lowest BCUT2D eigenvalue weighted by atomic mass is 10.1. The van der Waals surface area contributed by atoms with Crippen molar-refractivity contribution in [1.82, 2.24) is 0 Å². The largest absolute Gasteiger partial charge is 0.495 e. The quantitative estimate of drug-likeness (QED) is 0.533. The fraction of sp³-hybridized carbons (Fsp3) is 0.0625. The van der Waals surface area contributed by atoms with Crippen molar-refractivity contribution in [3.05, 3.63) is 56.3 Å². The van der Waals surface area contributed by atoms with Crippen LogP contribution >= 0.6 is 22.6 Å². The Hall–Kier alpha value is -2.02. The molecule has 2 aromatic carbocycles. The van der Waals surface area contributed by atoms with Gasteiger partial charge in [-0.1, -0.05) is 12.1 Å². The van der Waals surface area contributed by atoms with Crippen molar-refractivity contribution in [3.63, 3.8) is 0 Å². The van der Waals surface area contributed by atoms with Crippen molar-refractivity contribution in [2.45, 2.75) is 0 Å². The second-order valence-electron chi connectivity index (χ2n) is 4.55. The fourth-order valence-corrected chi connectivity index (χ4v) is 2.75. The average Bonchev–Trinajstić information content (AvgIpc) is 2.50. The number of fused-ring (bicyclic) bond motifs is 1. The van der Waals surface area contributed by atoms with Crippen LogP contribution in [-0.2, 0) is 0 Å². The fourth-order valence-electron chi connectivity index (χ4n) is 2.15. The molecule has 21 heavy (non-hydrogen) atoms. The van der Waals surface area contributed by atoms with Crippen LogP contribution in [0, 0.1) is 3.57 Å². The summed E-state index contributed by atoms with van der Waals surface area (Å²) in [5.41, 5.74) is 7.76. The molecule has 106 valence electrons. The Morgan fingerprint density at radius 2 is 1.95 bits per heavy atom. The number of hydrogen-bond donors (Lipinski definition) is 1. The topological polar surface area (TPSA) is 65.5 Å². The first-order chi connectivity index (χ1) is 10.1. The van der Waals surface area contributed by atoms with E-state index in [1.54, 1.807) is 25.3 Å². The van der Waals surface area contributed by atoms with Gasteiger partial charge in [-0.15, -0.1) is 0 Å². The minimum atomic E-state index is -0.0716. The molecule has 3 rings (SSSR count). The van der Waals surface area contributed by atoms with Crippen LogP contribution in [-0.4, -0.2) is 7.11 Å². The molecule has 0 spiro atoms. The maximum absolute atomic E-state index is 12.2. The molecule has 5 heteroatoms. The van der Waals surface area contributed by atoms with Crippen molar-refractivity contribution < 1.29 is 9.15 Å². The van der Waals surface area contributed by atoms with Crippen LogP contribution < -0.4 is 15.9 Å². The Balaban J connectivity index is 2.26. The van der Waals surface area contributed by atoms with Gasteiger partial charge in [-0.05, 0) is 46.9 Å². The van der Waals surface area contributed by atoms with Crippen LogP contribution in [0.25, 0.3) is 22.3 Å². The van der Waals surface area contributed by atoms with Crippen LogP contribution in [0.5, 0.6) is 5.75 Å². The number of benzene rings is 2. The molecule has 1 heterocycles. The molecule has 0 bridgehead atoms. The van der Waals surface area contributed by atoms with Crippen molar-refractivity contribution >= 4 is 39.2 Å². The Morgan fingerprint density at radius 3 is 2.71 bits per heavy atom. The van der Waals surface area contributed by atoms with Gasteiger partial charge in [0.15, 0.2) is 5.43 Å². The summed E-state index contributed by atoms with van der Waals surface area (Å²) in [6.07, 6.45) is 0. The number of anilines is 1. The third-order valence-corrected chi connectivity index (χ3v) is 4.12. The molecular formula is C16H12INO3. The second-order valence-corrected chi connectivity index (χ2v) is 5.71. The first kappa shape index (κ1) is 13.9. The number of nitrogens with two attached hydrogens (primary N) is 1. The van der Waals surface area contributed by atoms with Crippen molar-refractivity contribution in [2.75, 3.05) is 12.8 Å². The molecule has 0 aliphatic heterocycles. The summed E-state index contributed by atoms with van der Waals surface area (Å²) in [6.45, 7) is 0. The first-order valence-electron chi connectivity index (χ1n) is 6.26. The standard InChI is InChI=1S/C16H12INO3/c1-20-15-7-9(6-11(17)16(15)18)14-8-12(19)10-4-2-3-5-13(10)21-14/h2-8H,18H2,1H3. The number of halogens is 1. The third kappa shape index (κ3) is 2.49. The van der Waals surface area contributed by atoms with Gasteiger partial charge >= 0.3 is 0 Å². The van der Waals surface area contributed by atoms with Gasteiger partial charge in [-0.2, -0.15) is 0 Å². The number of para-hydroxylation sites is 1. The van der Waals surface area contributed by atoms with Gasteiger partial charge in [0, 0.05) is 15.2 Å². The van der Waals surface area contributed by atoms with Crippen LogP contribution in [0.1, 0.15) is 0 Å². The number of methoxy groups -OCH3 is 1. The van der Waals surface area contributed by atoms with E-state index in [-0.39, 0.29) is 5.43 Å². The smallest absolute Gasteiger partial charge is 0.193 e. The van der Waals surface area contributed by atoms with E-state index in [0.717, 1.165) is 9.13 Å². The van der Waals surface area contributed by atoms with Crippen LogP contribution in [0.4, 0.5) is 5.69 Å². The monoisotopic (exact) mass is 393 g/mol. The van der Waals surface area contributed by atoms with E-state index in [0.29, 0.717) is 28.2 Å². The van der Waals surface area contributed by atoms with Crippen molar-refractivity contribution in [3.8, 4) is 17.1 Å². The summed E-state index contributed by atoms with van der Waals surface area (Å²) < 4.78 is 11.9. The van der Waals surface area contributed by atoms with Crippen LogP contribution in [0.3, 0.4) is 0 Å². The zero-order chi connectivity index (χ0) is 15.0. The van der Waals surface area contributed by atoms with Crippen LogP contribution in [0.15, 0.2) is 51.7 Å². The normalized spacial score (nSPS) is 10.8. The summed E-state index contributed by atoms with van der Waals surface area (Å²) in [6, 6.07) is 12.3. The Bertz CT molecular complexity index is 886. The summed E-state index contributed by atoms with van der Waals surface area (Å²) >= 11 is 2.13.